The Kier molecular flexibility index (Phi) is 8.81. The number of methoxy groups -OCH3 is 1. The maximum Gasteiger partial charge on any atom is 0.296 e. The van der Waals surface area contributed by atoms with Crippen LogP contribution in [0.25, 0.3) is 0 Å². The minimum absolute atomic E-state index is 0.0284. The van der Waals surface area contributed by atoms with Gasteiger partial charge in [0.25, 0.3) is 10.1 Å². The predicted octanol–water partition coefficient (Wildman–Crippen LogP) is 8.28. The van der Waals surface area contributed by atoms with Crippen LogP contribution in [0.2, 0.25) is 18.1 Å². The largest absolute Gasteiger partial charge is 0.432 e. The minimum Gasteiger partial charge on any atom is -0.432 e. The highest BCUT2D eigenvalue weighted by Gasteiger charge is 2.64. The van der Waals surface area contributed by atoms with Crippen molar-refractivity contribution in [2.75, 3.05) is 13.7 Å². The number of rotatable bonds is 11. The van der Waals surface area contributed by atoms with Crippen LogP contribution in [-0.2, 0) is 19.0 Å². The lowest BCUT2D eigenvalue weighted by molar-refractivity contribution is 0.0601. The van der Waals surface area contributed by atoms with Crippen molar-refractivity contribution >= 4 is 18.4 Å². The van der Waals surface area contributed by atoms with Crippen LogP contribution in [0.5, 0.6) is 0 Å². The summed E-state index contributed by atoms with van der Waals surface area (Å²) < 4.78 is 37.7. The molecule has 5 unspecified atom stereocenters. The van der Waals surface area contributed by atoms with E-state index in [1.54, 1.807) is 17.7 Å². The van der Waals surface area contributed by atoms with Crippen molar-refractivity contribution < 1.29 is 22.1 Å². The summed E-state index contributed by atoms with van der Waals surface area (Å²) in [5.74, 6) is 2.58. The number of fused-ring (bicyclic) bond motifs is 2. The molecule has 0 spiro atoms. The maximum absolute atomic E-state index is 12.9. The SMILES string of the molecule is COC(/C=C1\CCC[C@@]2(C)C1CCC2[C@H](C)COS(=O)(=O)c1ccc(C)cc1)C12CC1C[C@H](CC(C)(C)[Si](C)(C)O)C2. The Morgan fingerprint density at radius 1 is 1.17 bits per heavy atom. The van der Waals surface area contributed by atoms with Gasteiger partial charge in [-0.3, -0.25) is 4.18 Å². The van der Waals surface area contributed by atoms with Crippen LogP contribution in [0, 0.1) is 47.3 Å². The number of allylic oxidation sites excluding steroid dienone is 1. The predicted molar refractivity (Wildman–Crippen MR) is 172 cm³/mol. The summed E-state index contributed by atoms with van der Waals surface area (Å²) in [6.45, 7) is 15.6. The van der Waals surface area contributed by atoms with Crippen molar-refractivity contribution in [3.8, 4) is 0 Å². The molecule has 4 saturated carbocycles. The summed E-state index contributed by atoms with van der Waals surface area (Å²) in [5.41, 5.74) is 3.07. The van der Waals surface area contributed by atoms with Crippen molar-refractivity contribution in [2.24, 2.45) is 40.4 Å². The highest BCUT2D eigenvalue weighted by Crippen LogP contribution is 2.70. The van der Waals surface area contributed by atoms with Gasteiger partial charge >= 0.3 is 0 Å². The highest BCUT2D eigenvalue weighted by atomic mass is 32.2. The Balaban J connectivity index is 1.26. The molecule has 0 aliphatic heterocycles. The Labute approximate surface area is 257 Å². The quantitative estimate of drug-likeness (QED) is 0.154. The fourth-order valence-electron chi connectivity index (χ4n) is 9.55. The second-order valence-electron chi connectivity index (χ2n) is 16.1. The fraction of sp³-hybridized carbons (Fsp3) is 0.771. The fourth-order valence-corrected chi connectivity index (χ4v) is 11.3. The first-order valence-corrected chi connectivity index (χ1v) is 20.8. The van der Waals surface area contributed by atoms with E-state index in [1.807, 2.05) is 26.2 Å². The molecule has 4 aliphatic carbocycles. The van der Waals surface area contributed by atoms with Crippen LogP contribution in [0.1, 0.15) is 91.0 Å². The molecule has 1 aromatic carbocycles. The minimum atomic E-state index is -3.76. The van der Waals surface area contributed by atoms with Gasteiger partial charge in [0, 0.05) is 12.5 Å². The molecule has 42 heavy (non-hydrogen) atoms. The number of aryl methyl sites for hydroxylation is 1. The van der Waals surface area contributed by atoms with E-state index in [0.29, 0.717) is 17.8 Å². The number of benzene rings is 1. The summed E-state index contributed by atoms with van der Waals surface area (Å²) in [6.07, 6.45) is 13.4. The average Bonchev–Trinajstić information content (AvgIpc) is 3.27. The van der Waals surface area contributed by atoms with Crippen molar-refractivity contribution in [1.82, 2.24) is 0 Å². The Bertz CT molecular complexity index is 1270. The second kappa shape index (κ2) is 11.4. The third-order valence-electron chi connectivity index (χ3n) is 12.7. The highest BCUT2D eigenvalue weighted by molar-refractivity contribution is 7.86. The van der Waals surface area contributed by atoms with Crippen molar-refractivity contribution in [2.45, 2.75) is 122 Å². The van der Waals surface area contributed by atoms with Gasteiger partial charge in [0.15, 0.2) is 8.32 Å². The zero-order valence-corrected chi connectivity index (χ0v) is 29.2. The first-order valence-electron chi connectivity index (χ1n) is 16.4. The third-order valence-corrected chi connectivity index (χ3v) is 17.5. The topological polar surface area (TPSA) is 72.8 Å². The van der Waals surface area contributed by atoms with E-state index in [9.17, 15) is 13.2 Å². The second-order valence-corrected chi connectivity index (χ2v) is 22.2. The van der Waals surface area contributed by atoms with Gasteiger partial charge in [-0.2, -0.15) is 8.42 Å². The zero-order valence-electron chi connectivity index (χ0n) is 27.4. The van der Waals surface area contributed by atoms with Crippen molar-refractivity contribution in [3.05, 3.63) is 41.5 Å². The van der Waals surface area contributed by atoms with E-state index in [4.69, 9.17) is 8.92 Å². The molecule has 236 valence electrons. The van der Waals surface area contributed by atoms with Gasteiger partial charge in [-0.15, -0.1) is 0 Å². The number of hydrogen-bond donors (Lipinski definition) is 1. The molecular formula is C35H56O5SSi. The van der Waals surface area contributed by atoms with Gasteiger partial charge in [-0.05, 0) is 130 Å². The Hall–Kier alpha value is -0.993. The average molecular weight is 617 g/mol. The molecule has 8 atom stereocenters. The lowest BCUT2D eigenvalue weighted by Gasteiger charge is -2.44. The maximum atomic E-state index is 12.9. The summed E-state index contributed by atoms with van der Waals surface area (Å²) in [6, 6.07) is 6.91. The molecule has 5 nitrogen and oxygen atoms in total. The van der Waals surface area contributed by atoms with E-state index in [1.165, 1.54) is 38.5 Å². The summed E-state index contributed by atoms with van der Waals surface area (Å²) in [5, 5.41) is 0.0284. The number of ether oxygens (including phenoxy) is 1. The smallest absolute Gasteiger partial charge is 0.296 e. The molecule has 0 bridgehead atoms. The van der Waals surface area contributed by atoms with Crippen LogP contribution in [-0.4, -0.2) is 41.4 Å². The molecular weight excluding hydrogens is 561 g/mol. The van der Waals surface area contributed by atoms with Crippen LogP contribution >= 0.6 is 0 Å². The molecule has 0 saturated heterocycles. The molecule has 4 fully saturated rings. The normalized spacial score (nSPS) is 35.6. The molecule has 0 heterocycles. The Morgan fingerprint density at radius 2 is 1.86 bits per heavy atom. The summed E-state index contributed by atoms with van der Waals surface area (Å²) >= 11 is 0. The first kappa shape index (κ1) is 32.4. The van der Waals surface area contributed by atoms with Gasteiger partial charge in [0.05, 0.1) is 17.6 Å². The van der Waals surface area contributed by atoms with Gasteiger partial charge in [0.2, 0.25) is 0 Å². The molecule has 5 rings (SSSR count). The van der Waals surface area contributed by atoms with Crippen molar-refractivity contribution in [1.29, 1.82) is 0 Å². The zero-order chi connectivity index (χ0) is 30.7. The molecule has 1 N–H and O–H groups in total. The van der Waals surface area contributed by atoms with Gasteiger partial charge in [-0.25, -0.2) is 0 Å². The van der Waals surface area contributed by atoms with Crippen LogP contribution in [0.3, 0.4) is 0 Å². The molecule has 0 amide bonds. The monoisotopic (exact) mass is 616 g/mol. The van der Waals surface area contributed by atoms with E-state index in [2.05, 4.69) is 46.9 Å². The van der Waals surface area contributed by atoms with E-state index in [0.717, 1.165) is 30.7 Å². The molecule has 0 radical (unpaired) electrons. The summed E-state index contributed by atoms with van der Waals surface area (Å²) in [7, 11) is -4.07. The van der Waals surface area contributed by atoms with Crippen LogP contribution < -0.4 is 0 Å². The molecule has 7 heteroatoms. The van der Waals surface area contributed by atoms with Crippen LogP contribution in [0.4, 0.5) is 0 Å². The van der Waals surface area contributed by atoms with E-state index < -0.39 is 18.4 Å². The van der Waals surface area contributed by atoms with E-state index in [-0.39, 0.29) is 39.4 Å². The third kappa shape index (κ3) is 5.99. The molecule has 1 aromatic rings. The lowest BCUT2D eigenvalue weighted by Crippen LogP contribution is -2.40. The van der Waals surface area contributed by atoms with Crippen LogP contribution in [0.15, 0.2) is 40.8 Å². The Morgan fingerprint density at radius 3 is 2.50 bits per heavy atom. The molecule has 4 aliphatic rings. The van der Waals surface area contributed by atoms with Gasteiger partial charge < -0.3 is 9.53 Å². The van der Waals surface area contributed by atoms with Crippen molar-refractivity contribution in [3.63, 3.8) is 0 Å². The van der Waals surface area contributed by atoms with Gasteiger partial charge in [-0.1, -0.05) is 57.0 Å². The summed E-state index contributed by atoms with van der Waals surface area (Å²) in [4.78, 5) is 11.1. The standard InChI is InChI=1S/C35H56O5SSi/c1-24-11-13-29(14-12-24)41(36,37)40-23-25(2)30-15-16-31-27(10-9-17-34(30,31)5)19-32(39-6)35-21-26(18-28(35)22-35)20-33(3,4)42(7,8)38/h11-14,19,25-26,28,30-32,38H,9-10,15-18,20-23H2,1-8H3/b27-19+/t25-,26-,28?,30?,31?,32?,34-,35?/m1/s1. The molecule has 0 aromatic heterocycles. The lowest BCUT2D eigenvalue weighted by atomic mass is 9.61. The van der Waals surface area contributed by atoms with E-state index >= 15 is 0 Å². The number of hydrogen-bond acceptors (Lipinski definition) is 5. The first-order chi connectivity index (χ1) is 19.5. The van der Waals surface area contributed by atoms with Gasteiger partial charge in [0.1, 0.15) is 0 Å².